The van der Waals surface area contributed by atoms with E-state index in [0.29, 0.717) is 29.9 Å². The lowest BCUT2D eigenvalue weighted by molar-refractivity contribution is -0.144. The number of aryl methyl sites for hydroxylation is 2. The number of nitrogens with one attached hydrogen (secondary N) is 1. The van der Waals surface area contributed by atoms with Gasteiger partial charge < -0.3 is 15.0 Å². The van der Waals surface area contributed by atoms with Crippen LogP contribution in [0.2, 0.25) is 0 Å². The van der Waals surface area contributed by atoms with Crippen molar-refractivity contribution < 1.29 is 14.7 Å². The van der Waals surface area contributed by atoms with Crippen LogP contribution in [0.4, 0.5) is 0 Å². The molecule has 1 aromatic rings. The topological polar surface area (TPSA) is 103 Å². The minimum Gasteiger partial charge on any atom is -0.480 e. The number of H-pyrrole nitrogens is 1. The van der Waals surface area contributed by atoms with Gasteiger partial charge in [-0.3, -0.25) is 9.59 Å². The van der Waals surface area contributed by atoms with Gasteiger partial charge in [0.15, 0.2) is 0 Å². The van der Waals surface area contributed by atoms with E-state index >= 15 is 0 Å². The molecule has 0 saturated heterocycles. The van der Waals surface area contributed by atoms with Crippen LogP contribution in [-0.2, 0) is 16.0 Å². The van der Waals surface area contributed by atoms with Gasteiger partial charge in [0.2, 0.25) is 5.91 Å². The molecule has 0 fully saturated rings. The van der Waals surface area contributed by atoms with Crippen molar-refractivity contribution in [3.8, 4) is 0 Å². The van der Waals surface area contributed by atoms with E-state index in [2.05, 4.69) is 9.97 Å². The predicted molar refractivity (Wildman–Crippen MR) is 72.5 cm³/mol. The monoisotopic (exact) mass is 281 g/mol. The Morgan fingerprint density at radius 2 is 2.00 bits per heavy atom. The van der Waals surface area contributed by atoms with Crippen LogP contribution in [0.3, 0.4) is 0 Å². The third-order valence-electron chi connectivity index (χ3n) is 2.95. The van der Waals surface area contributed by atoms with Crippen molar-refractivity contribution in [2.75, 3.05) is 13.1 Å². The summed E-state index contributed by atoms with van der Waals surface area (Å²) in [7, 11) is 0. The molecule has 0 aromatic carbocycles. The predicted octanol–water partition coefficient (Wildman–Crippen LogP) is 0.252. The number of nitrogens with zero attached hydrogens (tertiary/aromatic N) is 2. The summed E-state index contributed by atoms with van der Waals surface area (Å²) < 4.78 is 0. The summed E-state index contributed by atoms with van der Waals surface area (Å²) in [5, 5.41) is 8.82. The number of hydrogen-bond donors (Lipinski definition) is 2. The molecule has 1 heterocycles. The minimum atomic E-state index is -1.04. The first-order valence-electron chi connectivity index (χ1n) is 6.41. The van der Waals surface area contributed by atoms with E-state index in [1.807, 2.05) is 6.92 Å². The van der Waals surface area contributed by atoms with Crippen molar-refractivity contribution in [1.29, 1.82) is 0 Å². The third kappa shape index (κ3) is 4.18. The number of aromatic amines is 1. The van der Waals surface area contributed by atoms with Crippen LogP contribution in [0.15, 0.2) is 4.79 Å². The number of hydrogen-bond acceptors (Lipinski definition) is 4. The molecule has 1 rings (SSSR count). The Hall–Kier alpha value is -2.18. The molecule has 7 nitrogen and oxygen atoms in total. The quantitative estimate of drug-likeness (QED) is 0.778. The van der Waals surface area contributed by atoms with Gasteiger partial charge in [-0.2, -0.15) is 4.98 Å². The number of carbonyl (C=O) groups excluding carboxylic acids is 1. The summed E-state index contributed by atoms with van der Waals surface area (Å²) in [5.74, 6) is -1.32. The zero-order valence-corrected chi connectivity index (χ0v) is 11.9. The first-order valence-corrected chi connectivity index (χ1v) is 6.41. The Bertz CT molecular complexity index is 539. The number of aliphatic carboxylic acids is 1. The summed E-state index contributed by atoms with van der Waals surface area (Å²) in [4.78, 5) is 41.7. The molecular weight excluding hydrogens is 262 g/mol. The zero-order chi connectivity index (χ0) is 15.3. The van der Waals surface area contributed by atoms with E-state index in [0.717, 1.165) is 0 Å². The highest BCUT2D eigenvalue weighted by Crippen LogP contribution is 2.09. The smallest absolute Gasteiger partial charge is 0.345 e. The summed E-state index contributed by atoms with van der Waals surface area (Å²) in [6.07, 6.45) is 0.718. The molecule has 0 saturated carbocycles. The molecule has 1 aromatic heterocycles. The number of aromatic nitrogens is 2. The fraction of sp³-hybridized carbons (Fsp3) is 0.538. The van der Waals surface area contributed by atoms with Crippen molar-refractivity contribution in [1.82, 2.24) is 14.9 Å². The second kappa shape index (κ2) is 6.83. The molecule has 0 aliphatic heterocycles. The lowest BCUT2D eigenvalue weighted by Crippen LogP contribution is -2.37. The molecule has 0 atom stereocenters. The molecule has 0 aliphatic carbocycles. The number of rotatable bonds is 6. The standard InChI is InChI=1S/C13H19N3O4/c1-4-5-16(7-12(18)19)11(17)6-10-8(2)14-13(20)15-9(10)3/h4-7H2,1-3H3,(H,18,19)(H,14,15,20). The summed E-state index contributed by atoms with van der Waals surface area (Å²) in [6.45, 7) is 5.30. The fourth-order valence-corrected chi connectivity index (χ4v) is 2.00. The number of amides is 1. The van der Waals surface area contributed by atoms with Gasteiger partial charge in [0.05, 0.1) is 6.42 Å². The van der Waals surface area contributed by atoms with Gasteiger partial charge in [-0.15, -0.1) is 0 Å². The van der Waals surface area contributed by atoms with Gasteiger partial charge in [-0.1, -0.05) is 6.92 Å². The fourth-order valence-electron chi connectivity index (χ4n) is 2.00. The average molecular weight is 281 g/mol. The molecule has 1 amide bonds. The van der Waals surface area contributed by atoms with Crippen molar-refractivity contribution in [2.45, 2.75) is 33.6 Å². The molecule has 110 valence electrons. The molecule has 0 spiro atoms. The zero-order valence-electron chi connectivity index (χ0n) is 11.9. The van der Waals surface area contributed by atoms with Crippen molar-refractivity contribution in [3.05, 3.63) is 27.4 Å². The van der Waals surface area contributed by atoms with Gasteiger partial charge >= 0.3 is 11.7 Å². The third-order valence-corrected chi connectivity index (χ3v) is 2.95. The molecule has 7 heteroatoms. The van der Waals surface area contributed by atoms with E-state index in [4.69, 9.17) is 5.11 Å². The summed E-state index contributed by atoms with van der Waals surface area (Å²) in [6, 6.07) is 0. The Morgan fingerprint density at radius 1 is 1.35 bits per heavy atom. The van der Waals surface area contributed by atoms with Crippen molar-refractivity contribution in [2.24, 2.45) is 0 Å². The molecule has 20 heavy (non-hydrogen) atoms. The maximum Gasteiger partial charge on any atom is 0.345 e. The maximum atomic E-state index is 12.2. The van der Waals surface area contributed by atoms with Crippen molar-refractivity contribution in [3.63, 3.8) is 0 Å². The minimum absolute atomic E-state index is 0.0364. The van der Waals surface area contributed by atoms with E-state index in [1.165, 1.54) is 4.90 Å². The number of carboxylic acid groups (broad SMARTS) is 1. The second-order valence-corrected chi connectivity index (χ2v) is 4.62. The van der Waals surface area contributed by atoms with E-state index in [9.17, 15) is 14.4 Å². The summed E-state index contributed by atoms with van der Waals surface area (Å²) in [5.41, 5.74) is 1.27. The summed E-state index contributed by atoms with van der Waals surface area (Å²) >= 11 is 0. The SMILES string of the molecule is CCCN(CC(=O)O)C(=O)Cc1c(C)nc(=O)[nH]c1C. The van der Waals surface area contributed by atoms with Crippen LogP contribution in [0, 0.1) is 13.8 Å². The normalized spacial score (nSPS) is 10.3. The van der Waals surface area contributed by atoms with Crippen LogP contribution < -0.4 is 5.69 Å². The highest BCUT2D eigenvalue weighted by molar-refractivity contribution is 5.83. The average Bonchev–Trinajstić information content (AvgIpc) is 2.32. The highest BCUT2D eigenvalue weighted by Gasteiger charge is 2.18. The van der Waals surface area contributed by atoms with E-state index in [1.54, 1.807) is 13.8 Å². The molecule has 0 aliphatic rings. The lowest BCUT2D eigenvalue weighted by atomic mass is 10.1. The van der Waals surface area contributed by atoms with Gasteiger partial charge in [-0.25, -0.2) is 4.79 Å². The first kappa shape index (κ1) is 15.9. The van der Waals surface area contributed by atoms with E-state index in [-0.39, 0.29) is 18.9 Å². The van der Waals surface area contributed by atoms with Crippen LogP contribution in [0.25, 0.3) is 0 Å². The second-order valence-electron chi connectivity index (χ2n) is 4.62. The number of carboxylic acids is 1. The Balaban J connectivity index is 2.93. The molecule has 2 N–H and O–H groups in total. The van der Waals surface area contributed by atoms with Crippen LogP contribution in [0.1, 0.15) is 30.3 Å². The van der Waals surface area contributed by atoms with Crippen LogP contribution in [0.5, 0.6) is 0 Å². The largest absolute Gasteiger partial charge is 0.480 e. The number of carbonyl (C=O) groups is 2. The van der Waals surface area contributed by atoms with Gasteiger partial charge in [-0.05, 0) is 20.3 Å². The highest BCUT2D eigenvalue weighted by atomic mass is 16.4. The maximum absolute atomic E-state index is 12.2. The molecular formula is C13H19N3O4. The van der Waals surface area contributed by atoms with Crippen LogP contribution >= 0.6 is 0 Å². The molecule has 0 bridgehead atoms. The first-order chi connectivity index (χ1) is 9.35. The Morgan fingerprint density at radius 3 is 2.50 bits per heavy atom. The van der Waals surface area contributed by atoms with Crippen LogP contribution in [-0.4, -0.2) is 44.9 Å². The van der Waals surface area contributed by atoms with Crippen molar-refractivity contribution >= 4 is 11.9 Å². The van der Waals surface area contributed by atoms with Gasteiger partial charge in [0.25, 0.3) is 0 Å². The van der Waals surface area contributed by atoms with Gasteiger partial charge in [0, 0.05) is 23.5 Å². The van der Waals surface area contributed by atoms with Gasteiger partial charge in [0.1, 0.15) is 6.54 Å². The molecule has 0 radical (unpaired) electrons. The Kier molecular flexibility index (Phi) is 5.42. The van der Waals surface area contributed by atoms with E-state index < -0.39 is 11.7 Å². The Labute approximate surface area is 116 Å². The lowest BCUT2D eigenvalue weighted by Gasteiger charge is -2.20. The molecule has 0 unspecified atom stereocenters.